The van der Waals surface area contributed by atoms with Crippen LogP contribution in [0.15, 0.2) is 30.3 Å². The van der Waals surface area contributed by atoms with Crippen molar-refractivity contribution in [3.05, 3.63) is 30.3 Å². The van der Waals surface area contributed by atoms with Gasteiger partial charge in [-0.1, -0.05) is 32.0 Å². The summed E-state index contributed by atoms with van der Waals surface area (Å²) in [5.74, 6) is 3.35. The van der Waals surface area contributed by atoms with Gasteiger partial charge in [-0.3, -0.25) is 9.69 Å². The van der Waals surface area contributed by atoms with Crippen LogP contribution in [0.4, 0.5) is 5.69 Å². The molecule has 4 fully saturated rings. The smallest absolute Gasteiger partial charge is 0.236 e. The first-order chi connectivity index (χ1) is 16.4. The third-order valence-corrected chi connectivity index (χ3v) is 9.95. The lowest BCUT2D eigenvalue weighted by Crippen LogP contribution is -2.58. The van der Waals surface area contributed by atoms with Gasteiger partial charge in [0.05, 0.1) is 6.54 Å². The van der Waals surface area contributed by atoms with Crippen LogP contribution < -0.4 is 4.90 Å². The Morgan fingerprint density at radius 1 is 1.00 bits per heavy atom. The topological polar surface area (TPSA) is 30.0 Å². The molecule has 0 N–H and O–H groups in total. The number of carbonyl (C=O) groups is 1. The van der Waals surface area contributed by atoms with Gasteiger partial charge in [0.25, 0.3) is 0 Å². The van der Waals surface area contributed by atoms with Crippen LogP contribution in [0.3, 0.4) is 0 Å². The van der Waals surface area contributed by atoms with E-state index in [1.165, 1.54) is 57.3 Å². The zero-order chi connectivity index (χ0) is 23.9. The zero-order valence-corrected chi connectivity index (χ0v) is 22.0. The van der Waals surface area contributed by atoms with Gasteiger partial charge < -0.3 is 14.7 Å². The standard InChI is InChI=1S/C29H46N4O/c1-22(2)23-10-12-25(13-11-23)32-16-14-29(15-17-32)27-20-31(21-28(34)30(3)4)18-24(27)19-33(29)26-8-6-5-7-9-26/h5-9,22-25,27H,10-21H2,1-4H3. The average Bonchev–Trinajstić information content (AvgIpc) is 3.37. The van der Waals surface area contributed by atoms with E-state index < -0.39 is 0 Å². The van der Waals surface area contributed by atoms with Gasteiger partial charge in [-0.25, -0.2) is 0 Å². The highest BCUT2D eigenvalue weighted by Gasteiger charge is 2.57. The maximum atomic E-state index is 12.4. The Morgan fingerprint density at radius 2 is 1.68 bits per heavy atom. The molecule has 2 unspecified atom stereocenters. The number of anilines is 1. The SMILES string of the molecule is CC(C)C1CCC(N2CCC3(CC2)C2CN(CC(=O)N(C)C)CC2CN3c2ccccc2)CC1. The van der Waals surface area contributed by atoms with Crippen molar-refractivity contribution in [2.24, 2.45) is 23.7 Å². The van der Waals surface area contributed by atoms with Crippen molar-refractivity contribution in [2.45, 2.75) is 64.0 Å². The number of piperidine rings is 1. The molecule has 34 heavy (non-hydrogen) atoms. The van der Waals surface area contributed by atoms with Gasteiger partial charge in [-0.05, 0) is 68.4 Å². The summed E-state index contributed by atoms with van der Waals surface area (Å²) in [6, 6.07) is 12.0. The minimum atomic E-state index is 0.237. The Hall–Kier alpha value is -1.59. The van der Waals surface area contributed by atoms with Crippen LogP contribution in [0.25, 0.3) is 0 Å². The van der Waals surface area contributed by atoms with Crippen LogP contribution in [-0.2, 0) is 4.79 Å². The maximum Gasteiger partial charge on any atom is 0.236 e. The summed E-state index contributed by atoms with van der Waals surface area (Å²) < 4.78 is 0. The van der Waals surface area contributed by atoms with Gasteiger partial charge in [0.15, 0.2) is 0 Å². The fraction of sp³-hybridized carbons (Fsp3) is 0.759. The fourth-order valence-electron chi connectivity index (χ4n) is 7.85. The molecule has 0 radical (unpaired) electrons. The number of fused-ring (bicyclic) bond motifs is 2. The third kappa shape index (κ3) is 4.51. The van der Waals surface area contributed by atoms with E-state index in [1.807, 2.05) is 14.1 Å². The predicted molar refractivity (Wildman–Crippen MR) is 140 cm³/mol. The van der Waals surface area contributed by atoms with E-state index in [0.717, 1.165) is 37.5 Å². The Morgan fingerprint density at radius 3 is 2.29 bits per heavy atom. The van der Waals surface area contributed by atoms with Crippen molar-refractivity contribution >= 4 is 11.6 Å². The van der Waals surface area contributed by atoms with Gasteiger partial charge in [0.2, 0.25) is 5.91 Å². The Labute approximate surface area is 207 Å². The quantitative estimate of drug-likeness (QED) is 0.651. The summed E-state index contributed by atoms with van der Waals surface area (Å²) in [4.78, 5) is 22.3. The van der Waals surface area contributed by atoms with E-state index in [0.29, 0.717) is 18.4 Å². The van der Waals surface area contributed by atoms with Crippen molar-refractivity contribution < 1.29 is 4.79 Å². The van der Waals surface area contributed by atoms with Crippen LogP contribution >= 0.6 is 0 Å². The number of carbonyl (C=O) groups excluding carboxylic acids is 1. The molecule has 5 rings (SSSR count). The van der Waals surface area contributed by atoms with Crippen molar-refractivity contribution in [2.75, 3.05) is 58.3 Å². The number of likely N-dealkylation sites (N-methyl/N-ethyl adjacent to an activating group) is 1. The molecular formula is C29H46N4O. The monoisotopic (exact) mass is 466 g/mol. The van der Waals surface area contributed by atoms with Gasteiger partial charge >= 0.3 is 0 Å². The second kappa shape index (κ2) is 9.81. The molecule has 1 spiro atoms. The van der Waals surface area contributed by atoms with Gasteiger partial charge in [0, 0.05) is 70.0 Å². The molecule has 1 aromatic rings. The first kappa shape index (κ1) is 24.1. The molecule has 0 bridgehead atoms. The van der Waals surface area contributed by atoms with Crippen LogP contribution in [0, 0.1) is 23.7 Å². The summed E-state index contributed by atoms with van der Waals surface area (Å²) >= 11 is 0. The number of benzene rings is 1. The Kier molecular flexibility index (Phi) is 6.96. The number of nitrogens with zero attached hydrogens (tertiary/aromatic N) is 4. The van der Waals surface area contributed by atoms with Crippen LogP contribution in [0.2, 0.25) is 0 Å². The fourth-order valence-corrected chi connectivity index (χ4v) is 7.85. The van der Waals surface area contributed by atoms with Crippen LogP contribution in [0.5, 0.6) is 0 Å². The summed E-state index contributed by atoms with van der Waals surface area (Å²) in [5, 5.41) is 0. The Balaban J connectivity index is 1.30. The highest BCUT2D eigenvalue weighted by molar-refractivity contribution is 5.77. The number of hydrogen-bond donors (Lipinski definition) is 0. The lowest BCUT2D eigenvalue weighted by molar-refractivity contribution is -0.129. The van der Waals surface area contributed by atoms with Gasteiger partial charge in [-0.2, -0.15) is 0 Å². The summed E-state index contributed by atoms with van der Waals surface area (Å²) in [5.41, 5.74) is 1.65. The van der Waals surface area contributed by atoms with E-state index >= 15 is 0 Å². The van der Waals surface area contributed by atoms with Gasteiger partial charge in [0.1, 0.15) is 0 Å². The number of hydrogen-bond acceptors (Lipinski definition) is 4. The summed E-state index contributed by atoms with van der Waals surface area (Å²) in [6.45, 7) is 11.1. The lowest BCUT2D eigenvalue weighted by atomic mass is 9.73. The molecule has 3 saturated heterocycles. The molecule has 4 aliphatic rings. The second-order valence-electron chi connectivity index (χ2n) is 12.2. The minimum Gasteiger partial charge on any atom is -0.365 e. The Bertz CT molecular complexity index is 824. The van der Waals surface area contributed by atoms with Crippen molar-refractivity contribution in [1.29, 1.82) is 0 Å². The zero-order valence-electron chi connectivity index (χ0n) is 22.0. The number of para-hydroxylation sites is 1. The molecule has 5 nitrogen and oxygen atoms in total. The normalized spacial score (nSPS) is 31.9. The lowest BCUT2D eigenvalue weighted by Gasteiger charge is -2.51. The minimum absolute atomic E-state index is 0.237. The molecule has 2 atom stereocenters. The molecule has 0 aromatic heterocycles. The molecule has 1 aliphatic carbocycles. The van der Waals surface area contributed by atoms with E-state index in [4.69, 9.17) is 0 Å². The molecule has 188 valence electrons. The molecule has 3 aliphatic heterocycles. The largest absolute Gasteiger partial charge is 0.365 e. The summed E-state index contributed by atoms with van der Waals surface area (Å²) in [7, 11) is 3.75. The first-order valence-corrected chi connectivity index (χ1v) is 13.9. The van der Waals surface area contributed by atoms with Crippen molar-refractivity contribution in [3.8, 4) is 0 Å². The highest BCUT2D eigenvalue weighted by atomic mass is 16.2. The molecular weight excluding hydrogens is 420 g/mol. The van der Waals surface area contributed by atoms with E-state index in [2.05, 4.69) is 58.9 Å². The van der Waals surface area contributed by atoms with Crippen molar-refractivity contribution in [1.82, 2.24) is 14.7 Å². The third-order valence-electron chi connectivity index (χ3n) is 9.95. The first-order valence-electron chi connectivity index (χ1n) is 13.9. The average molecular weight is 467 g/mol. The summed E-state index contributed by atoms with van der Waals surface area (Å²) in [6.07, 6.45) is 8.15. The molecule has 1 amide bonds. The van der Waals surface area contributed by atoms with Crippen molar-refractivity contribution in [3.63, 3.8) is 0 Å². The van der Waals surface area contributed by atoms with E-state index in [1.54, 1.807) is 4.90 Å². The number of likely N-dealkylation sites (tertiary alicyclic amines) is 2. The van der Waals surface area contributed by atoms with Crippen LogP contribution in [0.1, 0.15) is 52.4 Å². The number of rotatable bonds is 5. The predicted octanol–water partition coefficient (Wildman–Crippen LogP) is 4.19. The maximum absolute atomic E-state index is 12.4. The molecule has 1 saturated carbocycles. The molecule has 1 aromatic carbocycles. The van der Waals surface area contributed by atoms with Gasteiger partial charge in [-0.15, -0.1) is 0 Å². The highest BCUT2D eigenvalue weighted by Crippen LogP contribution is 2.51. The van der Waals surface area contributed by atoms with Crippen LogP contribution in [-0.4, -0.2) is 85.6 Å². The molecule has 3 heterocycles. The number of amides is 1. The van der Waals surface area contributed by atoms with E-state index in [-0.39, 0.29) is 11.4 Å². The second-order valence-corrected chi connectivity index (χ2v) is 12.2. The molecule has 5 heteroatoms. The van der Waals surface area contributed by atoms with E-state index in [9.17, 15) is 4.79 Å².